The summed E-state index contributed by atoms with van der Waals surface area (Å²) in [5.41, 5.74) is 38.6. The van der Waals surface area contributed by atoms with Crippen LogP contribution in [0.5, 0.6) is 0 Å². The molecule has 0 radical (unpaired) electrons. The summed E-state index contributed by atoms with van der Waals surface area (Å²) in [7, 11) is 0. The topological polar surface area (TPSA) is 68.2 Å². The molecule has 0 spiro atoms. The number of nitrogens with zero attached hydrogens (tertiary/aromatic N) is 9. The Bertz CT molecular complexity index is 8460. The smallest absolute Gasteiger partial charge is 0.241 e. The van der Waals surface area contributed by atoms with Crippen LogP contribution in [-0.2, 0) is 16.2 Å². The van der Waals surface area contributed by atoms with Gasteiger partial charge in [-0.3, -0.25) is 13.7 Å². The van der Waals surface area contributed by atoms with Crippen LogP contribution in [0.4, 0.5) is 0 Å². The normalized spacial score (nSPS) is 14.0. The van der Waals surface area contributed by atoms with Gasteiger partial charge in [-0.1, -0.05) is 296 Å². The maximum Gasteiger partial charge on any atom is 0.241 e. The molecule has 25 aromatic rings. The highest BCUT2D eigenvalue weighted by molar-refractivity contribution is 6.17. The van der Waals surface area contributed by atoms with Crippen LogP contribution in [0.1, 0.15) is 74.9 Å². The van der Waals surface area contributed by atoms with Gasteiger partial charge < -0.3 is 13.7 Å². The van der Waals surface area contributed by atoms with Crippen molar-refractivity contribution in [1.29, 1.82) is 0 Å². The Labute approximate surface area is 743 Å². The predicted molar refractivity (Wildman–Crippen MR) is 535 cm³/mol. The quantitative estimate of drug-likeness (QED) is 0.145. The second-order valence-electron chi connectivity index (χ2n) is 37.4. The summed E-state index contributed by atoms with van der Waals surface area (Å²) in [6.45, 7) is 14.2. The Morgan fingerprint density at radius 1 is 0.155 bits per heavy atom. The summed E-state index contributed by atoms with van der Waals surface area (Å²) in [6.07, 6.45) is 0. The van der Waals surface area contributed by atoms with E-state index in [9.17, 15) is 0 Å². The largest absolute Gasteiger partial charge is 0.309 e. The molecule has 0 saturated heterocycles. The molecule has 129 heavy (non-hydrogen) atoms. The van der Waals surface area contributed by atoms with Crippen molar-refractivity contribution in [2.75, 3.05) is 0 Å². The molecule has 606 valence electrons. The molecular formula is C120H81N9. The van der Waals surface area contributed by atoms with Gasteiger partial charge in [-0.2, -0.15) is 15.0 Å². The fourth-order valence-corrected chi connectivity index (χ4v) is 23.5. The van der Waals surface area contributed by atoms with E-state index in [0.717, 1.165) is 132 Å². The summed E-state index contributed by atoms with van der Waals surface area (Å²) in [4.78, 5) is 17.6. The third-order valence-electron chi connectivity index (χ3n) is 29.7. The summed E-state index contributed by atoms with van der Waals surface area (Å²) in [6, 6.07) is 143. The Balaban J connectivity index is 0.624. The zero-order valence-corrected chi connectivity index (χ0v) is 71.9. The van der Waals surface area contributed by atoms with E-state index in [4.69, 9.17) is 15.0 Å². The summed E-state index contributed by atoms with van der Waals surface area (Å²) < 4.78 is 14.2. The van der Waals surface area contributed by atoms with Crippen molar-refractivity contribution in [2.24, 2.45) is 0 Å². The van der Waals surface area contributed by atoms with E-state index < -0.39 is 0 Å². The number of fused-ring (bicyclic) bond motifs is 27. The lowest BCUT2D eigenvalue weighted by Crippen LogP contribution is -2.15. The third-order valence-corrected chi connectivity index (χ3v) is 29.7. The molecule has 0 N–H and O–H groups in total. The first kappa shape index (κ1) is 72.1. The van der Waals surface area contributed by atoms with Crippen LogP contribution < -0.4 is 0 Å². The average molecular weight is 1650 g/mol. The Morgan fingerprint density at radius 2 is 0.364 bits per heavy atom. The van der Waals surface area contributed by atoms with Crippen molar-refractivity contribution in [1.82, 2.24) is 42.4 Å². The molecule has 0 unspecified atom stereocenters. The van der Waals surface area contributed by atoms with Crippen LogP contribution in [-0.4, -0.2) is 42.4 Å². The molecule has 9 nitrogen and oxygen atoms in total. The van der Waals surface area contributed by atoms with Crippen molar-refractivity contribution in [2.45, 2.75) is 57.8 Å². The van der Waals surface area contributed by atoms with E-state index in [1.165, 1.54) is 116 Å². The van der Waals surface area contributed by atoms with Crippen LogP contribution in [0.2, 0.25) is 0 Å². The maximum atomic E-state index is 5.86. The highest BCUT2D eigenvalue weighted by Gasteiger charge is 2.39. The van der Waals surface area contributed by atoms with Gasteiger partial charge in [0.25, 0.3) is 0 Å². The van der Waals surface area contributed by atoms with Crippen LogP contribution in [0.25, 0.3) is 233 Å². The number of para-hydroxylation sites is 6. The minimum Gasteiger partial charge on any atom is -0.309 e. The second kappa shape index (κ2) is 26.0. The molecule has 28 rings (SSSR count). The molecule has 0 saturated carbocycles. The van der Waals surface area contributed by atoms with Crippen molar-refractivity contribution in [3.8, 4) is 102 Å². The van der Waals surface area contributed by atoms with Crippen LogP contribution in [0.15, 0.2) is 382 Å². The third kappa shape index (κ3) is 9.96. The van der Waals surface area contributed by atoms with E-state index in [1.807, 2.05) is 0 Å². The summed E-state index contributed by atoms with van der Waals surface area (Å²) in [5, 5.41) is 13.8. The highest BCUT2D eigenvalue weighted by Crippen LogP contribution is 2.55. The van der Waals surface area contributed by atoms with Crippen molar-refractivity contribution in [3.05, 3.63) is 416 Å². The molecule has 0 atom stereocenters. The fraction of sp³-hybridized carbons (Fsp3) is 0.0750. The maximum absolute atomic E-state index is 5.86. The van der Waals surface area contributed by atoms with Gasteiger partial charge in [0, 0.05) is 97.9 Å². The zero-order valence-electron chi connectivity index (χ0n) is 71.9. The first-order valence-electron chi connectivity index (χ1n) is 45.0. The number of benzene rings is 18. The van der Waals surface area contributed by atoms with Crippen molar-refractivity contribution in [3.63, 3.8) is 0 Å². The minimum absolute atomic E-state index is 0.155. The van der Waals surface area contributed by atoms with E-state index in [2.05, 4.69) is 451 Å². The lowest BCUT2D eigenvalue weighted by Gasteiger charge is -2.22. The number of hydrogen-bond acceptors (Lipinski definition) is 3. The standard InChI is InChI=1S/C120H81N9/c1-118(2)97-34-16-7-25-79(97)82-55-49-76(67-100(82)118)124-103-37-19-10-28-85(103)91-52-43-73(64-112(91)124)70-46-58-109-94(61-70)88-31-13-22-40-106(88)127(109)115-121-116(128-107-41-23-14-32-89(107)95-62-71(47-59-110(95)128)74-44-53-92-86-29-11-20-38-104(86)125(113(92)65-74)77-50-56-83-80-26-8-17-35-98(80)119(3,4)101(83)68-77)123-117(122-115)129-108-42-24-15-33-90(108)96-63-72(48-60-111(96)129)75-45-54-93-87-30-12-21-39-105(87)126(114(93)66-75)78-51-57-84-81-27-9-18-36-99(81)120(5,6)102(84)69-78/h7-69H,1-6H3. The van der Waals surface area contributed by atoms with Crippen molar-refractivity contribution < 1.29 is 0 Å². The Kier molecular flexibility index (Phi) is 14.5. The Hall–Kier alpha value is -16.2. The van der Waals surface area contributed by atoms with Gasteiger partial charge in [0.1, 0.15) is 0 Å². The van der Waals surface area contributed by atoms with Gasteiger partial charge in [-0.05, 0) is 228 Å². The van der Waals surface area contributed by atoms with E-state index in [0.29, 0.717) is 17.8 Å². The van der Waals surface area contributed by atoms with Gasteiger partial charge >= 0.3 is 0 Å². The molecule has 0 bridgehead atoms. The van der Waals surface area contributed by atoms with E-state index >= 15 is 0 Å². The van der Waals surface area contributed by atoms with Gasteiger partial charge in [-0.25, -0.2) is 0 Å². The van der Waals surface area contributed by atoms with E-state index in [1.54, 1.807) is 0 Å². The predicted octanol–water partition coefficient (Wildman–Crippen LogP) is 30.4. The van der Waals surface area contributed by atoms with Gasteiger partial charge in [-0.15, -0.1) is 0 Å². The SMILES string of the molecule is CC1(C)c2ccccc2-c2ccc(-n3c4ccccc4c4ccc(-c5ccc6c(c5)c5ccccc5n6-c5nc(-n6c7ccccc7c7cc(-c8ccc9c%10ccccc%10n(-c%10ccc%11c(c%10)C(C)(C)c%10ccccc%10-%11)c9c8)ccc76)nc(-n6c7ccccc7c7cc(-c8ccc9c%10ccccc%10n(-c%10ccc%11c(c%10)C(C)(C)c%10ccccc%10-%11)c9c8)ccc76)n5)cc43)cc21. The molecule has 3 aliphatic rings. The first-order valence-corrected chi connectivity index (χ1v) is 45.0. The van der Waals surface area contributed by atoms with Gasteiger partial charge in [0.2, 0.25) is 17.8 Å². The Morgan fingerprint density at radius 3 is 0.651 bits per heavy atom. The molecule has 18 aromatic carbocycles. The monoisotopic (exact) mass is 1650 g/mol. The summed E-state index contributed by atoms with van der Waals surface area (Å²) in [5.74, 6) is 1.47. The van der Waals surface area contributed by atoms with Crippen molar-refractivity contribution >= 4 is 131 Å². The van der Waals surface area contributed by atoms with Gasteiger partial charge in [0.15, 0.2) is 0 Å². The number of aromatic nitrogens is 9. The highest BCUT2D eigenvalue weighted by atomic mass is 15.3. The molecule has 0 amide bonds. The molecule has 0 aliphatic heterocycles. The lowest BCUT2D eigenvalue weighted by atomic mass is 9.82. The molecule has 0 fully saturated rings. The number of hydrogen-bond donors (Lipinski definition) is 0. The molecular weight excluding hydrogens is 1570 g/mol. The summed E-state index contributed by atoms with van der Waals surface area (Å²) >= 11 is 0. The fourth-order valence-electron chi connectivity index (χ4n) is 23.5. The second-order valence-corrected chi connectivity index (χ2v) is 37.4. The van der Waals surface area contributed by atoms with Crippen LogP contribution in [0.3, 0.4) is 0 Å². The minimum atomic E-state index is -0.155. The average Bonchev–Trinajstić information content (AvgIpc) is 1.57. The lowest BCUT2D eigenvalue weighted by molar-refractivity contribution is 0.660. The number of rotatable bonds is 9. The van der Waals surface area contributed by atoms with Gasteiger partial charge in [0.05, 0.1) is 66.2 Å². The van der Waals surface area contributed by atoms with E-state index in [-0.39, 0.29) is 16.2 Å². The van der Waals surface area contributed by atoms with Crippen LogP contribution in [0, 0.1) is 0 Å². The zero-order chi connectivity index (χ0) is 85.3. The molecule has 9 heteroatoms. The first-order chi connectivity index (χ1) is 63.2. The van der Waals surface area contributed by atoms with Crippen LogP contribution >= 0.6 is 0 Å². The molecule has 3 aliphatic carbocycles. The molecule has 7 heterocycles. The molecule has 7 aromatic heterocycles.